The van der Waals surface area contributed by atoms with Gasteiger partial charge in [-0.05, 0) is 0 Å². The molecule has 0 saturated heterocycles. The highest BCUT2D eigenvalue weighted by Crippen LogP contribution is 2.34. The fourth-order valence-corrected chi connectivity index (χ4v) is 2.89. The van der Waals surface area contributed by atoms with Gasteiger partial charge in [0.25, 0.3) is 0 Å². The maximum atomic E-state index is 6.46. The van der Waals surface area contributed by atoms with Crippen molar-refractivity contribution >= 4 is 0 Å². The Kier molecular flexibility index (Phi) is 3.60. The van der Waals surface area contributed by atoms with Gasteiger partial charge in [0, 0.05) is 16.7 Å². The average molecular weight is 311 g/mol. The SMILES string of the molecule is Nn1c(-c2ccccc2)nc(-c2ccccc2)c1-c1ccccc1. The molecule has 0 aliphatic carbocycles. The van der Waals surface area contributed by atoms with Crippen molar-refractivity contribution in [2.45, 2.75) is 0 Å². The minimum Gasteiger partial charge on any atom is -0.337 e. The van der Waals surface area contributed by atoms with Crippen LogP contribution in [0.2, 0.25) is 0 Å². The maximum absolute atomic E-state index is 6.46. The lowest BCUT2D eigenvalue weighted by molar-refractivity contribution is 1.02. The van der Waals surface area contributed by atoms with Gasteiger partial charge >= 0.3 is 0 Å². The summed E-state index contributed by atoms with van der Waals surface area (Å²) < 4.78 is 1.69. The highest BCUT2D eigenvalue weighted by molar-refractivity contribution is 5.82. The molecule has 4 rings (SSSR count). The molecular formula is C21H17N3. The zero-order valence-corrected chi connectivity index (χ0v) is 13.1. The standard InChI is InChI=1S/C21H17N3/c22-24-20(17-12-6-2-7-13-17)19(16-10-4-1-5-11-16)23-21(24)18-14-8-3-9-15-18/h1-15H,22H2. The summed E-state index contributed by atoms with van der Waals surface area (Å²) in [5.41, 5.74) is 4.91. The number of rotatable bonds is 3. The van der Waals surface area contributed by atoms with E-state index in [-0.39, 0.29) is 0 Å². The summed E-state index contributed by atoms with van der Waals surface area (Å²) in [6.07, 6.45) is 0. The number of nitrogen functional groups attached to an aromatic ring is 1. The Hall–Kier alpha value is -3.33. The molecule has 3 aromatic carbocycles. The highest BCUT2D eigenvalue weighted by Gasteiger charge is 2.19. The molecular weight excluding hydrogens is 294 g/mol. The molecule has 4 aromatic rings. The van der Waals surface area contributed by atoms with Crippen molar-refractivity contribution in [1.29, 1.82) is 0 Å². The fraction of sp³-hybridized carbons (Fsp3) is 0. The van der Waals surface area contributed by atoms with E-state index in [1.807, 2.05) is 66.7 Å². The van der Waals surface area contributed by atoms with E-state index >= 15 is 0 Å². The van der Waals surface area contributed by atoms with E-state index in [0.29, 0.717) is 0 Å². The number of benzene rings is 3. The van der Waals surface area contributed by atoms with Crippen LogP contribution in [0.15, 0.2) is 91.0 Å². The van der Waals surface area contributed by atoms with Gasteiger partial charge in [-0.2, -0.15) is 0 Å². The Morgan fingerprint density at radius 3 is 1.58 bits per heavy atom. The van der Waals surface area contributed by atoms with Gasteiger partial charge in [0.2, 0.25) is 0 Å². The molecule has 1 aromatic heterocycles. The summed E-state index contributed by atoms with van der Waals surface area (Å²) in [5.74, 6) is 7.22. The normalized spacial score (nSPS) is 10.7. The quantitative estimate of drug-likeness (QED) is 0.562. The zero-order valence-electron chi connectivity index (χ0n) is 13.1. The van der Waals surface area contributed by atoms with Gasteiger partial charge < -0.3 is 5.84 Å². The van der Waals surface area contributed by atoms with Crippen LogP contribution in [0, 0.1) is 0 Å². The van der Waals surface area contributed by atoms with Crippen LogP contribution < -0.4 is 5.84 Å². The minimum absolute atomic E-state index is 0.758. The molecule has 0 atom stereocenters. The van der Waals surface area contributed by atoms with Crippen LogP contribution in [0.25, 0.3) is 33.9 Å². The summed E-state index contributed by atoms with van der Waals surface area (Å²) in [7, 11) is 0. The first-order chi connectivity index (χ1) is 11.8. The van der Waals surface area contributed by atoms with E-state index in [1.165, 1.54) is 0 Å². The smallest absolute Gasteiger partial charge is 0.159 e. The summed E-state index contributed by atoms with van der Waals surface area (Å²) in [6, 6.07) is 30.3. The first-order valence-electron chi connectivity index (χ1n) is 7.88. The largest absolute Gasteiger partial charge is 0.337 e. The van der Waals surface area contributed by atoms with E-state index in [1.54, 1.807) is 4.68 Å². The van der Waals surface area contributed by atoms with Gasteiger partial charge in [-0.1, -0.05) is 91.0 Å². The third-order valence-electron chi connectivity index (χ3n) is 4.04. The monoisotopic (exact) mass is 311 g/mol. The fourth-order valence-electron chi connectivity index (χ4n) is 2.89. The van der Waals surface area contributed by atoms with Gasteiger partial charge in [0.1, 0.15) is 0 Å². The predicted octanol–water partition coefficient (Wildman–Crippen LogP) is 4.60. The molecule has 24 heavy (non-hydrogen) atoms. The van der Waals surface area contributed by atoms with E-state index < -0.39 is 0 Å². The number of nitrogens with two attached hydrogens (primary N) is 1. The molecule has 2 N–H and O–H groups in total. The number of aromatic nitrogens is 2. The molecule has 1 heterocycles. The molecule has 0 aliphatic rings. The van der Waals surface area contributed by atoms with E-state index in [9.17, 15) is 0 Å². The molecule has 0 bridgehead atoms. The van der Waals surface area contributed by atoms with Crippen LogP contribution in [-0.4, -0.2) is 9.66 Å². The summed E-state index contributed by atoms with van der Waals surface area (Å²) in [5, 5.41) is 0. The first kappa shape index (κ1) is 14.3. The second-order valence-corrected chi connectivity index (χ2v) is 5.60. The van der Waals surface area contributed by atoms with Crippen molar-refractivity contribution in [3.05, 3.63) is 91.0 Å². The number of hydrogen-bond donors (Lipinski definition) is 1. The van der Waals surface area contributed by atoms with Crippen LogP contribution in [0.3, 0.4) is 0 Å². The second-order valence-electron chi connectivity index (χ2n) is 5.60. The topological polar surface area (TPSA) is 43.8 Å². The maximum Gasteiger partial charge on any atom is 0.159 e. The number of nitrogens with zero attached hydrogens (tertiary/aromatic N) is 2. The number of hydrogen-bond acceptors (Lipinski definition) is 2. The Labute approximate surface area is 141 Å². The van der Waals surface area contributed by atoms with Crippen LogP contribution >= 0.6 is 0 Å². The van der Waals surface area contributed by atoms with Crippen LogP contribution in [0.1, 0.15) is 0 Å². The summed E-state index contributed by atoms with van der Waals surface area (Å²) in [6.45, 7) is 0. The van der Waals surface area contributed by atoms with E-state index in [0.717, 1.165) is 33.9 Å². The molecule has 3 nitrogen and oxygen atoms in total. The molecule has 0 spiro atoms. The third-order valence-corrected chi connectivity index (χ3v) is 4.04. The van der Waals surface area contributed by atoms with Crippen LogP contribution in [0.4, 0.5) is 0 Å². The lowest BCUT2D eigenvalue weighted by Crippen LogP contribution is -2.11. The summed E-state index contributed by atoms with van der Waals surface area (Å²) in [4.78, 5) is 4.86. The van der Waals surface area contributed by atoms with Crippen LogP contribution in [-0.2, 0) is 0 Å². The molecule has 3 heteroatoms. The van der Waals surface area contributed by atoms with Crippen molar-refractivity contribution in [3.8, 4) is 33.9 Å². The molecule has 0 unspecified atom stereocenters. The van der Waals surface area contributed by atoms with Gasteiger partial charge in [-0.15, -0.1) is 0 Å². The summed E-state index contributed by atoms with van der Waals surface area (Å²) >= 11 is 0. The molecule has 0 aliphatic heterocycles. The van der Waals surface area contributed by atoms with E-state index in [4.69, 9.17) is 10.8 Å². The van der Waals surface area contributed by atoms with E-state index in [2.05, 4.69) is 24.3 Å². The van der Waals surface area contributed by atoms with Crippen molar-refractivity contribution in [2.75, 3.05) is 5.84 Å². The average Bonchev–Trinajstić information content (AvgIpc) is 3.01. The zero-order chi connectivity index (χ0) is 16.4. The Morgan fingerprint density at radius 1 is 0.583 bits per heavy atom. The Morgan fingerprint density at radius 2 is 1.04 bits per heavy atom. The molecule has 0 saturated carbocycles. The van der Waals surface area contributed by atoms with Crippen molar-refractivity contribution in [3.63, 3.8) is 0 Å². The molecule has 0 amide bonds. The first-order valence-corrected chi connectivity index (χ1v) is 7.88. The molecule has 0 radical (unpaired) electrons. The third kappa shape index (κ3) is 2.46. The second kappa shape index (κ2) is 6.05. The minimum atomic E-state index is 0.758. The lowest BCUT2D eigenvalue weighted by atomic mass is 10.1. The van der Waals surface area contributed by atoms with Gasteiger partial charge in [-0.25, -0.2) is 9.66 Å². The molecule has 0 fully saturated rings. The van der Waals surface area contributed by atoms with Gasteiger partial charge in [0.15, 0.2) is 5.82 Å². The Balaban J connectivity index is 1.99. The van der Waals surface area contributed by atoms with Crippen molar-refractivity contribution < 1.29 is 0 Å². The van der Waals surface area contributed by atoms with Gasteiger partial charge in [0.05, 0.1) is 11.4 Å². The Bertz CT molecular complexity index is 943. The van der Waals surface area contributed by atoms with Crippen molar-refractivity contribution in [1.82, 2.24) is 9.66 Å². The van der Waals surface area contributed by atoms with Gasteiger partial charge in [-0.3, -0.25) is 0 Å². The predicted molar refractivity (Wildman–Crippen MR) is 98.7 cm³/mol. The highest BCUT2D eigenvalue weighted by atomic mass is 15.3. The van der Waals surface area contributed by atoms with Crippen LogP contribution in [0.5, 0.6) is 0 Å². The number of imidazole rings is 1. The van der Waals surface area contributed by atoms with Crippen molar-refractivity contribution in [2.24, 2.45) is 0 Å². The molecule has 116 valence electrons. The lowest BCUT2D eigenvalue weighted by Gasteiger charge is -2.07.